The van der Waals surface area contributed by atoms with Gasteiger partial charge in [-0.25, -0.2) is 0 Å². The maximum atomic E-state index is 11.4. The van der Waals surface area contributed by atoms with Crippen LogP contribution in [0.15, 0.2) is 42.5 Å². The van der Waals surface area contributed by atoms with Crippen LogP contribution in [-0.4, -0.2) is 12.6 Å². The molecule has 4 heteroatoms. The fourth-order valence-electron chi connectivity index (χ4n) is 2.48. The average Bonchev–Trinajstić information content (AvgIpc) is 2.60. The molecule has 0 aliphatic rings. The topological polar surface area (TPSA) is 44.8 Å². The minimum Gasteiger partial charge on any atom is -0.493 e. The second kappa shape index (κ2) is 9.72. The lowest BCUT2D eigenvalue weighted by Crippen LogP contribution is -2.07. The van der Waals surface area contributed by atoms with Gasteiger partial charge in [-0.3, -0.25) is 4.79 Å². The van der Waals surface area contributed by atoms with Crippen molar-refractivity contribution in [1.82, 2.24) is 0 Å². The van der Waals surface area contributed by atoms with Crippen molar-refractivity contribution in [2.24, 2.45) is 0 Å². The third-order valence-electron chi connectivity index (χ3n) is 3.81. The van der Waals surface area contributed by atoms with Gasteiger partial charge in [0, 0.05) is 12.5 Å². The van der Waals surface area contributed by atoms with Gasteiger partial charge in [0.15, 0.2) is 11.5 Å². The fraction of sp³-hybridized carbons (Fsp3) is 0.381. The molecule has 2 aromatic rings. The molecule has 0 bridgehead atoms. The Labute approximate surface area is 149 Å². The zero-order valence-corrected chi connectivity index (χ0v) is 15.2. The monoisotopic (exact) mass is 342 g/mol. The molecule has 0 fully saturated rings. The molecule has 0 atom stereocenters. The van der Waals surface area contributed by atoms with Crippen LogP contribution in [0.1, 0.15) is 44.2 Å². The number of rotatable bonds is 9. The summed E-state index contributed by atoms with van der Waals surface area (Å²) < 4.78 is 17.1. The van der Waals surface area contributed by atoms with E-state index in [1.165, 1.54) is 6.92 Å². The Morgan fingerprint density at radius 2 is 1.68 bits per heavy atom. The zero-order chi connectivity index (χ0) is 18.1. The van der Waals surface area contributed by atoms with E-state index < -0.39 is 0 Å². The van der Waals surface area contributed by atoms with Crippen molar-refractivity contribution >= 4 is 5.97 Å². The van der Waals surface area contributed by atoms with E-state index in [9.17, 15) is 4.79 Å². The second-order valence-corrected chi connectivity index (χ2v) is 5.94. The van der Waals surface area contributed by atoms with Gasteiger partial charge in [0.05, 0.1) is 6.61 Å². The highest BCUT2D eigenvalue weighted by molar-refractivity contribution is 5.71. The lowest BCUT2D eigenvalue weighted by atomic mass is 10.1. The highest BCUT2D eigenvalue weighted by Gasteiger charge is 2.15. The van der Waals surface area contributed by atoms with E-state index in [1.54, 1.807) is 6.07 Å². The number of hydrogen-bond donors (Lipinski definition) is 0. The molecule has 0 aromatic heterocycles. The van der Waals surface area contributed by atoms with E-state index in [1.807, 2.05) is 43.3 Å². The van der Waals surface area contributed by atoms with E-state index in [0.717, 1.165) is 36.1 Å². The highest BCUT2D eigenvalue weighted by Crippen LogP contribution is 2.37. The van der Waals surface area contributed by atoms with E-state index in [4.69, 9.17) is 14.2 Å². The summed E-state index contributed by atoms with van der Waals surface area (Å²) in [5.74, 6) is 1.35. The lowest BCUT2D eigenvalue weighted by Gasteiger charge is -2.17. The first-order chi connectivity index (χ1) is 12.1. The number of hydrogen-bond acceptors (Lipinski definition) is 4. The summed E-state index contributed by atoms with van der Waals surface area (Å²) in [4.78, 5) is 11.4. The summed E-state index contributed by atoms with van der Waals surface area (Å²) in [7, 11) is 0. The van der Waals surface area contributed by atoms with E-state index in [2.05, 4.69) is 6.92 Å². The van der Waals surface area contributed by atoms with Gasteiger partial charge in [0.25, 0.3) is 0 Å². The standard InChI is InChI=1S/C21H26O4/c1-4-5-9-14-23-19-12-13-20(25-17(3)22)21(16(19)2)24-15-18-10-7-6-8-11-18/h6-8,10-13H,4-5,9,14-15H2,1-3H3. The molecule has 0 N–H and O–H groups in total. The average molecular weight is 342 g/mol. The number of esters is 1. The third kappa shape index (κ3) is 5.82. The molecule has 0 radical (unpaired) electrons. The van der Waals surface area contributed by atoms with Crippen LogP contribution in [0, 0.1) is 6.92 Å². The van der Waals surface area contributed by atoms with Crippen LogP contribution in [0.3, 0.4) is 0 Å². The largest absolute Gasteiger partial charge is 0.493 e. The number of unbranched alkanes of at least 4 members (excludes halogenated alkanes) is 2. The first kappa shape index (κ1) is 18.8. The Bertz CT molecular complexity index is 680. The summed E-state index contributed by atoms with van der Waals surface area (Å²) in [6.45, 7) is 6.53. The molecule has 0 spiro atoms. The first-order valence-electron chi connectivity index (χ1n) is 8.73. The van der Waals surface area contributed by atoms with Crippen LogP contribution in [0.4, 0.5) is 0 Å². The Kier molecular flexibility index (Phi) is 7.33. The maximum Gasteiger partial charge on any atom is 0.308 e. The quantitative estimate of drug-likeness (QED) is 0.363. The molecule has 2 aromatic carbocycles. The zero-order valence-electron chi connectivity index (χ0n) is 15.2. The second-order valence-electron chi connectivity index (χ2n) is 5.94. The molecule has 4 nitrogen and oxygen atoms in total. The van der Waals surface area contributed by atoms with Gasteiger partial charge < -0.3 is 14.2 Å². The number of carbonyl (C=O) groups excluding carboxylic acids is 1. The van der Waals surface area contributed by atoms with Crippen molar-refractivity contribution in [1.29, 1.82) is 0 Å². The minimum atomic E-state index is -0.374. The molecule has 0 aliphatic heterocycles. The van der Waals surface area contributed by atoms with Crippen LogP contribution in [0.2, 0.25) is 0 Å². The SMILES string of the molecule is CCCCCOc1ccc(OC(C)=O)c(OCc2ccccc2)c1C. The van der Waals surface area contributed by atoms with Crippen LogP contribution < -0.4 is 14.2 Å². The molecule has 0 heterocycles. The first-order valence-corrected chi connectivity index (χ1v) is 8.73. The van der Waals surface area contributed by atoms with Gasteiger partial charge in [-0.15, -0.1) is 0 Å². The summed E-state index contributed by atoms with van der Waals surface area (Å²) in [5.41, 5.74) is 1.89. The van der Waals surface area contributed by atoms with Crippen molar-refractivity contribution in [3.8, 4) is 17.2 Å². The van der Waals surface area contributed by atoms with Crippen molar-refractivity contribution in [3.63, 3.8) is 0 Å². The molecular weight excluding hydrogens is 316 g/mol. The third-order valence-corrected chi connectivity index (χ3v) is 3.81. The maximum absolute atomic E-state index is 11.4. The predicted molar refractivity (Wildman–Crippen MR) is 98.3 cm³/mol. The smallest absolute Gasteiger partial charge is 0.308 e. The van der Waals surface area contributed by atoms with Gasteiger partial charge in [-0.1, -0.05) is 50.1 Å². The summed E-state index contributed by atoms with van der Waals surface area (Å²) in [6, 6.07) is 13.4. The Balaban J connectivity index is 2.17. The van der Waals surface area contributed by atoms with Crippen molar-refractivity contribution in [2.75, 3.05) is 6.61 Å². The molecule has 0 aliphatic carbocycles. The van der Waals surface area contributed by atoms with E-state index in [0.29, 0.717) is 24.7 Å². The van der Waals surface area contributed by atoms with Gasteiger partial charge in [-0.05, 0) is 31.0 Å². The van der Waals surface area contributed by atoms with Crippen LogP contribution in [-0.2, 0) is 11.4 Å². The Morgan fingerprint density at radius 1 is 0.960 bits per heavy atom. The fourth-order valence-corrected chi connectivity index (χ4v) is 2.48. The van der Waals surface area contributed by atoms with Gasteiger partial charge in [-0.2, -0.15) is 0 Å². The normalized spacial score (nSPS) is 10.4. The Morgan fingerprint density at radius 3 is 2.36 bits per heavy atom. The molecule has 0 unspecified atom stereocenters. The molecule has 0 saturated carbocycles. The molecular formula is C21H26O4. The molecule has 25 heavy (non-hydrogen) atoms. The number of carbonyl (C=O) groups is 1. The van der Waals surface area contributed by atoms with Crippen LogP contribution in [0.5, 0.6) is 17.2 Å². The molecule has 2 rings (SSSR count). The Hall–Kier alpha value is -2.49. The summed E-state index contributed by atoms with van der Waals surface area (Å²) in [6.07, 6.45) is 3.31. The highest BCUT2D eigenvalue weighted by atomic mass is 16.6. The predicted octanol–water partition coefficient (Wildman–Crippen LogP) is 5.07. The molecule has 0 saturated heterocycles. The van der Waals surface area contributed by atoms with Crippen LogP contribution in [0.25, 0.3) is 0 Å². The number of ether oxygens (including phenoxy) is 3. The summed E-state index contributed by atoms with van der Waals surface area (Å²) >= 11 is 0. The van der Waals surface area contributed by atoms with E-state index >= 15 is 0 Å². The van der Waals surface area contributed by atoms with Crippen LogP contribution >= 0.6 is 0 Å². The van der Waals surface area contributed by atoms with Crippen molar-refractivity contribution < 1.29 is 19.0 Å². The molecule has 0 amide bonds. The van der Waals surface area contributed by atoms with Gasteiger partial charge in [0.1, 0.15) is 12.4 Å². The lowest BCUT2D eigenvalue weighted by molar-refractivity contribution is -0.132. The molecule has 134 valence electrons. The summed E-state index contributed by atoms with van der Waals surface area (Å²) in [5, 5.41) is 0. The van der Waals surface area contributed by atoms with Gasteiger partial charge >= 0.3 is 5.97 Å². The van der Waals surface area contributed by atoms with Crippen molar-refractivity contribution in [3.05, 3.63) is 53.6 Å². The number of benzene rings is 2. The van der Waals surface area contributed by atoms with Crippen molar-refractivity contribution in [2.45, 2.75) is 46.6 Å². The van der Waals surface area contributed by atoms with Gasteiger partial charge in [0.2, 0.25) is 0 Å². The van der Waals surface area contributed by atoms with E-state index in [-0.39, 0.29) is 5.97 Å². The minimum absolute atomic E-state index is 0.374.